The SMILES string of the molecule is CC1(C)CN(C(=O)C2(C)COC2)CCN1. The van der Waals surface area contributed by atoms with Gasteiger partial charge >= 0.3 is 0 Å². The van der Waals surface area contributed by atoms with Crippen LogP contribution < -0.4 is 5.32 Å². The van der Waals surface area contributed by atoms with Crippen LogP contribution in [-0.2, 0) is 9.53 Å². The number of nitrogens with one attached hydrogen (secondary N) is 1. The second kappa shape index (κ2) is 3.46. The minimum absolute atomic E-state index is 0.0366. The van der Waals surface area contributed by atoms with Crippen molar-refractivity contribution in [2.75, 3.05) is 32.8 Å². The van der Waals surface area contributed by atoms with E-state index < -0.39 is 0 Å². The summed E-state index contributed by atoms with van der Waals surface area (Å²) in [6, 6.07) is 0. The van der Waals surface area contributed by atoms with E-state index in [1.54, 1.807) is 0 Å². The molecule has 1 N–H and O–H groups in total. The second-order valence-corrected chi connectivity index (χ2v) is 5.59. The van der Waals surface area contributed by atoms with E-state index in [9.17, 15) is 4.79 Å². The average molecular weight is 212 g/mol. The van der Waals surface area contributed by atoms with E-state index in [0.29, 0.717) is 13.2 Å². The van der Waals surface area contributed by atoms with Gasteiger partial charge in [0.1, 0.15) is 0 Å². The third-order valence-corrected chi connectivity index (χ3v) is 3.22. The van der Waals surface area contributed by atoms with E-state index in [-0.39, 0.29) is 16.9 Å². The van der Waals surface area contributed by atoms with Crippen LogP contribution in [0.1, 0.15) is 20.8 Å². The van der Waals surface area contributed by atoms with Gasteiger partial charge in [0.05, 0.1) is 18.6 Å². The van der Waals surface area contributed by atoms with Crippen molar-refractivity contribution in [3.05, 3.63) is 0 Å². The van der Waals surface area contributed by atoms with E-state index >= 15 is 0 Å². The molecule has 0 spiro atoms. The first-order valence-electron chi connectivity index (χ1n) is 5.55. The van der Waals surface area contributed by atoms with Gasteiger partial charge in [-0.3, -0.25) is 4.79 Å². The first-order chi connectivity index (χ1) is 6.93. The summed E-state index contributed by atoms with van der Waals surface area (Å²) in [4.78, 5) is 14.2. The molecule has 2 fully saturated rings. The lowest BCUT2D eigenvalue weighted by Crippen LogP contribution is -2.63. The summed E-state index contributed by atoms with van der Waals surface area (Å²) in [6.45, 7) is 9.91. The molecule has 0 aliphatic carbocycles. The van der Waals surface area contributed by atoms with Crippen LogP contribution in [0.5, 0.6) is 0 Å². The number of carbonyl (C=O) groups excluding carboxylic acids is 1. The van der Waals surface area contributed by atoms with E-state index in [2.05, 4.69) is 19.2 Å². The van der Waals surface area contributed by atoms with Gasteiger partial charge in [0.2, 0.25) is 5.91 Å². The quantitative estimate of drug-likeness (QED) is 0.676. The lowest BCUT2D eigenvalue weighted by Gasteiger charge is -2.45. The smallest absolute Gasteiger partial charge is 0.233 e. The van der Waals surface area contributed by atoms with E-state index in [0.717, 1.165) is 19.6 Å². The van der Waals surface area contributed by atoms with Crippen LogP contribution in [0, 0.1) is 5.41 Å². The Balaban J connectivity index is 2.01. The number of ether oxygens (including phenoxy) is 1. The zero-order valence-corrected chi connectivity index (χ0v) is 9.80. The maximum Gasteiger partial charge on any atom is 0.233 e. The van der Waals surface area contributed by atoms with Gasteiger partial charge in [-0.1, -0.05) is 0 Å². The van der Waals surface area contributed by atoms with Gasteiger partial charge in [0, 0.05) is 25.2 Å². The van der Waals surface area contributed by atoms with Crippen LogP contribution in [-0.4, -0.2) is 49.2 Å². The number of piperazine rings is 1. The van der Waals surface area contributed by atoms with Crippen molar-refractivity contribution < 1.29 is 9.53 Å². The van der Waals surface area contributed by atoms with Crippen molar-refractivity contribution >= 4 is 5.91 Å². The fourth-order valence-electron chi connectivity index (χ4n) is 2.23. The van der Waals surface area contributed by atoms with Crippen molar-refractivity contribution in [3.8, 4) is 0 Å². The van der Waals surface area contributed by atoms with Gasteiger partial charge in [-0.2, -0.15) is 0 Å². The minimum Gasteiger partial charge on any atom is -0.379 e. The van der Waals surface area contributed by atoms with Gasteiger partial charge in [0.25, 0.3) is 0 Å². The molecule has 0 atom stereocenters. The van der Waals surface area contributed by atoms with Crippen molar-refractivity contribution in [1.82, 2.24) is 10.2 Å². The molecule has 2 aliphatic heterocycles. The zero-order valence-electron chi connectivity index (χ0n) is 9.80. The summed E-state index contributed by atoms with van der Waals surface area (Å²) in [6.07, 6.45) is 0. The Bertz CT molecular complexity index is 272. The molecule has 0 unspecified atom stereocenters. The van der Waals surface area contributed by atoms with E-state index in [1.165, 1.54) is 0 Å². The lowest BCUT2D eigenvalue weighted by molar-refractivity contribution is -0.170. The zero-order chi connectivity index (χ0) is 11.1. The fourth-order valence-corrected chi connectivity index (χ4v) is 2.23. The van der Waals surface area contributed by atoms with Crippen molar-refractivity contribution in [1.29, 1.82) is 0 Å². The molecule has 2 aliphatic rings. The van der Waals surface area contributed by atoms with Crippen LogP contribution in [0.4, 0.5) is 0 Å². The van der Waals surface area contributed by atoms with Gasteiger partial charge in [-0.25, -0.2) is 0 Å². The molecule has 0 aromatic carbocycles. The lowest BCUT2D eigenvalue weighted by atomic mass is 9.86. The fraction of sp³-hybridized carbons (Fsp3) is 0.909. The van der Waals surface area contributed by atoms with Crippen LogP contribution in [0.25, 0.3) is 0 Å². The Kier molecular flexibility index (Phi) is 2.51. The molecule has 0 aromatic heterocycles. The molecule has 2 saturated heterocycles. The first kappa shape index (κ1) is 10.9. The molecule has 4 heteroatoms. The van der Waals surface area contributed by atoms with E-state index in [4.69, 9.17) is 4.74 Å². The highest BCUT2D eigenvalue weighted by molar-refractivity contribution is 5.83. The highest BCUT2D eigenvalue weighted by Crippen LogP contribution is 2.30. The molecule has 1 amide bonds. The molecule has 0 bridgehead atoms. The number of hydrogen-bond acceptors (Lipinski definition) is 3. The molecule has 4 nitrogen and oxygen atoms in total. The summed E-state index contributed by atoms with van der Waals surface area (Å²) in [5, 5.41) is 3.41. The summed E-state index contributed by atoms with van der Waals surface area (Å²) in [7, 11) is 0. The normalized spacial score (nSPS) is 28.3. The molecule has 0 radical (unpaired) electrons. The minimum atomic E-state index is -0.257. The van der Waals surface area contributed by atoms with Crippen LogP contribution in [0.2, 0.25) is 0 Å². The predicted octanol–water partition coefficient (Wildman–Crippen LogP) is 0.233. The molecule has 0 saturated carbocycles. The Morgan fingerprint density at radius 3 is 2.47 bits per heavy atom. The Morgan fingerprint density at radius 1 is 1.33 bits per heavy atom. The van der Waals surface area contributed by atoms with Gasteiger partial charge in [-0.15, -0.1) is 0 Å². The largest absolute Gasteiger partial charge is 0.379 e. The maximum absolute atomic E-state index is 12.2. The molecule has 0 aromatic rings. The third kappa shape index (κ3) is 2.01. The first-order valence-corrected chi connectivity index (χ1v) is 5.55. The second-order valence-electron chi connectivity index (χ2n) is 5.59. The van der Waals surface area contributed by atoms with Gasteiger partial charge in [-0.05, 0) is 20.8 Å². The monoisotopic (exact) mass is 212 g/mol. The number of nitrogens with zero attached hydrogens (tertiary/aromatic N) is 1. The summed E-state index contributed by atoms with van der Waals surface area (Å²) < 4.78 is 5.14. The Labute approximate surface area is 91.0 Å². The van der Waals surface area contributed by atoms with Gasteiger partial charge in [0.15, 0.2) is 0 Å². The summed E-state index contributed by atoms with van der Waals surface area (Å²) >= 11 is 0. The molecular weight excluding hydrogens is 192 g/mol. The number of carbonyl (C=O) groups is 1. The number of rotatable bonds is 1. The van der Waals surface area contributed by atoms with Crippen molar-refractivity contribution in [3.63, 3.8) is 0 Å². The molecule has 86 valence electrons. The molecule has 15 heavy (non-hydrogen) atoms. The Morgan fingerprint density at radius 2 is 2.00 bits per heavy atom. The van der Waals surface area contributed by atoms with Crippen molar-refractivity contribution in [2.24, 2.45) is 5.41 Å². The van der Waals surface area contributed by atoms with Gasteiger partial charge < -0.3 is 15.0 Å². The number of amides is 1. The number of hydrogen-bond donors (Lipinski definition) is 1. The molecular formula is C11H20N2O2. The Hall–Kier alpha value is -0.610. The van der Waals surface area contributed by atoms with Crippen LogP contribution >= 0.6 is 0 Å². The highest BCUT2D eigenvalue weighted by Gasteiger charge is 2.45. The standard InChI is InChI=1S/C11H20N2O2/c1-10(2)6-13(5-4-12-10)9(14)11(3)7-15-8-11/h12H,4-8H2,1-3H3. The van der Waals surface area contributed by atoms with Crippen LogP contribution in [0.15, 0.2) is 0 Å². The molecule has 2 heterocycles. The molecule has 2 rings (SSSR count). The average Bonchev–Trinajstić information content (AvgIpc) is 2.11. The maximum atomic E-state index is 12.2. The van der Waals surface area contributed by atoms with Crippen LogP contribution in [0.3, 0.4) is 0 Å². The third-order valence-electron chi connectivity index (χ3n) is 3.22. The predicted molar refractivity (Wildman–Crippen MR) is 57.6 cm³/mol. The summed E-state index contributed by atoms with van der Waals surface area (Å²) in [5.41, 5.74) is -0.220. The highest BCUT2D eigenvalue weighted by atomic mass is 16.5. The topological polar surface area (TPSA) is 41.6 Å². The van der Waals surface area contributed by atoms with E-state index in [1.807, 2.05) is 11.8 Å². The summed E-state index contributed by atoms with van der Waals surface area (Å²) in [5.74, 6) is 0.253. The van der Waals surface area contributed by atoms with Crippen molar-refractivity contribution in [2.45, 2.75) is 26.3 Å².